The van der Waals surface area contributed by atoms with Crippen LogP contribution in [0.2, 0.25) is 0 Å². The van der Waals surface area contributed by atoms with Gasteiger partial charge in [-0.15, -0.1) is 0 Å². The number of sulfonamides is 1. The van der Waals surface area contributed by atoms with Crippen molar-refractivity contribution >= 4 is 10.0 Å². The second-order valence-corrected chi connectivity index (χ2v) is 5.68. The summed E-state index contributed by atoms with van der Waals surface area (Å²) in [4.78, 5) is 3.73. The number of halogens is 1. The summed E-state index contributed by atoms with van der Waals surface area (Å²) >= 11 is 0. The lowest BCUT2D eigenvalue weighted by molar-refractivity contribution is 0.560. The lowest BCUT2D eigenvalue weighted by Crippen LogP contribution is -2.31. The van der Waals surface area contributed by atoms with Gasteiger partial charge in [0.1, 0.15) is 5.82 Å². The summed E-state index contributed by atoms with van der Waals surface area (Å²) in [5, 5.41) is 2.99. The Bertz CT molecular complexity index is 464. The van der Waals surface area contributed by atoms with Crippen LogP contribution in [-0.2, 0) is 10.0 Å². The highest BCUT2D eigenvalue weighted by molar-refractivity contribution is 7.89. The molecule has 1 unspecified atom stereocenters. The molecule has 0 aromatic carbocycles. The van der Waals surface area contributed by atoms with Crippen LogP contribution in [0.4, 0.5) is 4.39 Å². The van der Waals surface area contributed by atoms with Crippen molar-refractivity contribution in [2.75, 3.05) is 19.3 Å². The third-order valence-corrected chi connectivity index (χ3v) is 3.72. The summed E-state index contributed by atoms with van der Waals surface area (Å²) in [6, 6.07) is 1.22. The van der Waals surface area contributed by atoms with Gasteiger partial charge in [0.25, 0.3) is 0 Å². The second-order valence-electron chi connectivity index (χ2n) is 3.64. The molecule has 0 fully saturated rings. The van der Waals surface area contributed by atoms with Crippen molar-refractivity contribution < 1.29 is 12.8 Å². The van der Waals surface area contributed by atoms with Gasteiger partial charge in [-0.2, -0.15) is 0 Å². The first-order valence-electron chi connectivity index (χ1n) is 5.19. The minimum Gasteiger partial charge on any atom is -0.309 e. The molecule has 1 heterocycles. The van der Waals surface area contributed by atoms with E-state index in [0.717, 1.165) is 6.20 Å². The van der Waals surface area contributed by atoms with Gasteiger partial charge >= 0.3 is 0 Å². The summed E-state index contributed by atoms with van der Waals surface area (Å²) in [5.41, 5.74) is 0.687. The third kappa shape index (κ3) is 4.76. The van der Waals surface area contributed by atoms with E-state index in [2.05, 4.69) is 15.0 Å². The van der Waals surface area contributed by atoms with Crippen LogP contribution in [0.25, 0.3) is 0 Å². The van der Waals surface area contributed by atoms with Gasteiger partial charge in [-0.3, -0.25) is 4.98 Å². The van der Waals surface area contributed by atoms with Crippen LogP contribution in [0.5, 0.6) is 0 Å². The summed E-state index contributed by atoms with van der Waals surface area (Å²) in [6.07, 6.45) is 2.68. The predicted octanol–water partition coefficient (Wildman–Crippen LogP) is 0.420. The van der Waals surface area contributed by atoms with Crippen molar-refractivity contribution in [3.05, 3.63) is 29.8 Å². The Kier molecular flexibility index (Phi) is 4.98. The Labute approximate surface area is 101 Å². The average Bonchev–Trinajstić information content (AvgIpc) is 2.28. The van der Waals surface area contributed by atoms with Crippen molar-refractivity contribution in [3.8, 4) is 0 Å². The van der Waals surface area contributed by atoms with Crippen molar-refractivity contribution in [1.29, 1.82) is 0 Å². The highest BCUT2D eigenvalue weighted by Crippen LogP contribution is 2.11. The number of rotatable bonds is 6. The lowest BCUT2D eigenvalue weighted by Gasteiger charge is -2.13. The molecule has 0 aliphatic heterocycles. The van der Waals surface area contributed by atoms with E-state index >= 15 is 0 Å². The molecule has 0 saturated carbocycles. The molecule has 96 valence electrons. The Morgan fingerprint density at radius 2 is 2.18 bits per heavy atom. The van der Waals surface area contributed by atoms with Crippen LogP contribution in [0, 0.1) is 5.82 Å². The van der Waals surface area contributed by atoms with Crippen LogP contribution >= 0.6 is 0 Å². The first-order chi connectivity index (χ1) is 7.94. The zero-order chi connectivity index (χ0) is 12.9. The first-order valence-corrected chi connectivity index (χ1v) is 6.85. The highest BCUT2D eigenvalue weighted by atomic mass is 32.2. The summed E-state index contributed by atoms with van der Waals surface area (Å²) < 4.78 is 37.4. The molecule has 1 atom stereocenters. The fourth-order valence-corrected chi connectivity index (χ4v) is 1.89. The minimum absolute atomic E-state index is 0.0173. The summed E-state index contributed by atoms with van der Waals surface area (Å²) in [6.45, 7) is 2.11. The van der Waals surface area contributed by atoms with Crippen molar-refractivity contribution in [1.82, 2.24) is 15.0 Å². The number of nitrogens with zero attached hydrogens (tertiary/aromatic N) is 1. The van der Waals surface area contributed by atoms with Gasteiger partial charge < -0.3 is 5.32 Å². The van der Waals surface area contributed by atoms with E-state index in [1.807, 2.05) is 6.92 Å². The molecule has 17 heavy (non-hydrogen) atoms. The standard InChI is InChI=1S/C10H16FN3O2S/c1-8(9-5-10(11)7-13-6-9)14-3-4-17(15,16)12-2/h5-8,12,14H,3-4H2,1-2H3. The molecule has 0 amide bonds. The maximum Gasteiger partial charge on any atom is 0.212 e. The molecular weight excluding hydrogens is 245 g/mol. The minimum atomic E-state index is -3.21. The smallest absolute Gasteiger partial charge is 0.212 e. The van der Waals surface area contributed by atoms with Crippen LogP contribution in [0.3, 0.4) is 0 Å². The first kappa shape index (κ1) is 14.0. The monoisotopic (exact) mass is 261 g/mol. The maximum absolute atomic E-state index is 12.9. The average molecular weight is 261 g/mol. The van der Waals surface area contributed by atoms with Crippen molar-refractivity contribution in [3.63, 3.8) is 0 Å². The van der Waals surface area contributed by atoms with Gasteiger partial charge in [0.2, 0.25) is 10.0 Å². The second kappa shape index (κ2) is 6.04. The molecule has 0 radical (unpaired) electrons. The molecule has 5 nitrogen and oxygen atoms in total. The van der Waals surface area contributed by atoms with Gasteiger partial charge in [0.05, 0.1) is 11.9 Å². The normalized spacial score (nSPS) is 13.6. The van der Waals surface area contributed by atoms with Gasteiger partial charge in [0.15, 0.2) is 0 Å². The van der Waals surface area contributed by atoms with Crippen LogP contribution in [0.15, 0.2) is 18.5 Å². The van der Waals surface area contributed by atoms with Crippen molar-refractivity contribution in [2.24, 2.45) is 0 Å². The van der Waals surface area contributed by atoms with E-state index < -0.39 is 15.8 Å². The van der Waals surface area contributed by atoms with E-state index in [-0.39, 0.29) is 11.8 Å². The van der Waals surface area contributed by atoms with E-state index in [9.17, 15) is 12.8 Å². The summed E-state index contributed by atoms with van der Waals surface area (Å²) in [7, 11) is -1.84. The zero-order valence-corrected chi connectivity index (χ0v) is 10.6. The molecular formula is C10H16FN3O2S. The number of hydrogen-bond acceptors (Lipinski definition) is 4. The van der Waals surface area contributed by atoms with E-state index in [4.69, 9.17) is 0 Å². The lowest BCUT2D eigenvalue weighted by atomic mass is 10.1. The number of nitrogens with one attached hydrogen (secondary N) is 2. The maximum atomic E-state index is 12.9. The predicted molar refractivity (Wildman–Crippen MR) is 63.5 cm³/mol. The molecule has 0 saturated heterocycles. The van der Waals surface area contributed by atoms with E-state index in [0.29, 0.717) is 12.1 Å². The topological polar surface area (TPSA) is 71.1 Å². The number of hydrogen-bond donors (Lipinski definition) is 2. The highest BCUT2D eigenvalue weighted by Gasteiger charge is 2.09. The van der Waals surface area contributed by atoms with Gasteiger partial charge in [0, 0.05) is 18.8 Å². The largest absolute Gasteiger partial charge is 0.309 e. The Morgan fingerprint density at radius 3 is 2.76 bits per heavy atom. The van der Waals surface area contributed by atoms with Crippen LogP contribution < -0.4 is 10.0 Å². The fourth-order valence-electron chi connectivity index (χ4n) is 1.29. The molecule has 1 aromatic rings. The Morgan fingerprint density at radius 1 is 1.47 bits per heavy atom. The van der Waals surface area contributed by atoms with Gasteiger partial charge in [-0.1, -0.05) is 0 Å². The Hall–Kier alpha value is -1.05. The number of aromatic nitrogens is 1. The molecule has 0 aliphatic rings. The molecule has 1 aromatic heterocycles. The molecule has 7 heteroatoms. The summed E-state index contributed by atoms with van der Waals surface area (Å²) in [5.74, 6) is -0.421. The zero-order valence-electron chi connectivity index (χ0n) is 9.77. The van der Waals surface area contributed by atoms with E-state index in [1.54, 1.807) is 6.20 Å². The van der Waals surface area contributed by atoms with Crippen LogP contribution in [0.1, 0.15) is 18.5 Å². The molecule has 0 aliphatic carbocycles. The molecule has 1 rings (SSSR count). The van der Waals surface area contributed by atoms with Gasteiger partial charge in [-0.05, 0) is 25.6 Å². The Balaban J connectivity index is 2.48. The molecule has 0 spiro atoms. The van der Waals surface area contributed by atoms with E-state index in [1.165, 1.54) is 13.1 Å². The quantitative estimate of drug-likeness (QED) is 0.778. The van der Waals surface area contributed by atoms with Gasteiger partial charge in [-0.25, -0.2) is 17.5 Å². The number of pyridine rings is 1. The SMILES string of the molecule is CNS(=O)(=O)CCNC(C)c1cncc(F)c1. The fraction of sp³-hybridized carbons (Fsp3) is 0.500. The molecule has 2 N–H and O–H groups in total. The van der Waals surface area contributed by atoms with Crippen molar-refractivity contribution in [2.45, 2.75) is 13.0 Å². The molecule has 0 bridgehead atoms. The third-order valence-electron chi connectivity index (χ3n) is 2.36. The van der Waals surface area contributed by atoms with Crippen LogP contribution in [-0.4, -0.2) is 32.7 Å².